The van der Waals surface area contributed by atoms with Gasteiger partial charge in [-0.15, -0.1) is 0 Å². The van der Waals surface area contributed by atoms with E-state index in [2.05, 4.69) is 5.32 Å². The minimum Gasteiger partial charge on any atom is -0.480 e. The van der Waals surface area contributed by atoms with Gasteiger partial charge in [0.25, 0.3) is 0 Å². The third kappa shape index (κ3) is 3.01. The van der Waals surface area contributed by atoms with Crippen LogP contribution >= 0.6 is 0 Å². The molecule has 0 spiro atoms. The second-order valence-electron chi connectivity index (χ2n) is 5.64. The third-order valence-electron chi connectivity index (χ3n) is 4.19. The van der Waals surface area contributed by atoms with Crippen molar-refractivity contribution in [3.05, 3.63) is 29.3 Å². The largest absolute Gasteiger partial charge is 0.480 e. The van der Waals surface area contributed by atoms with Crippen LogP contribution in [0, 0.1) is 12.8 Å². The molecule has 5 heteroatoms. The molecule has 2 N–H and O–H groups in total. The number of nitrogens with zero attached hydrogens (tertiary/aromatic N) is 1. The molecule has 1 fully saturated rings. The number of aryl methyl sites for hydroxylation is 2. The maximum Gasteiger partial charge on any atom is 0.326 e. The van der Waals surface area contributed by atoms with Crippen molar-refractivity contribution < 1.29 is 14.7 Å². The summed E-state index contributed by atoms with van der Waals surface area (Å²) in [5, 5.41) is 12.2. The number of hydrogen-bond acceptors (Lipinski definition) is 2. The van der Waals surface area contributed by atoms with Crippen molar-refractivity contribution in [2.45, 2.75) is 39.7 Å². The molecule has 1 aliphatic heterocycles. The second kappa shape index (κ2) is 6.16. The number of benzene rings is 1. The van der Waals surface area contributed by atoms with Gasteiger partial charge in [0.15, 0.2) is 0 Å². The Kier molecular flexibility index (Phi) is 4.50. The number of carboxylic acid groups (broad SMARTS) is 1. The molecule has 1 saturated heterocycles. The lowest BCUT2D eigenvalue weighted by Gasteiger charge is -2.24. The average molecular weight is 290 g/mol. The van der Waals surface area contributed by atoms with E-state index in [1.54, 1.807) is 0 Å². The Balaban J connectivity index is 2.21. The van der Waals surface area contributed by atoms with Crippen LogP contribution in [0.5, 0.6) is 0 Å². The number of carbonyl (C=O) groups excluding carboxylic acids is 1. The Morgan fingerprint density at radius 2 is 2.14 bits per heavy atom. The number of carboxylic acids is 1. The van der Waals surface area contributed by atoms with Gasteiger partial charge in [-0.2, -0.15) is 0 Å². The number of hydrogen-bond donors (Lipinski definition) is 2. The average Bonchev–Trinajstić information content (AvgIpc) is 2.83. The Morgan fingerprint density at radius 1 is 1.43 bits per heavy atom. The van der Waals surface area contributed by atoms with Gasteiger partial charge in [-0.25, -0.2) is 9.59 Å². The van der Waals surface area contributed by atoms with E-state index in [-0.39, 0.29) is 11.9 Å². The van der Waals surface area contributed by atoms with Crippen molar-refractivity contribution in [3.63, 3.8) is 0 Å². The van der Waals surface area contributed by atoms with Crippen LogP contribution in [0.1, 0.15) is 31.4 Å². The number of nitrogens with one attached hydrogen (secondary N) is 1. The summed E-state index contributed by atoms with van der Waals surface area (Å²) in [5.41, 5.74) is 2.85. The van der Waals surface area contributed by atoms with Gasteiger partial charge in [0.05, 0.1) is 0 Å². The van der Waals surface area contributed by atoms with E-state index in [4.69, 9.17) is 0 Å². The topological polar surface area (TPSA) is 69.6 Å². The van der Waals surface area contributed by atoms with E-state index < -0.39 is 12.0 Å². The number of aliphatic carboxylic acids is 1. The minimum absolute atomic E-state index is 0.0178. The quantitative estimate of drug-likeness (QED) is 0.899. The summed E-state index contributed by atoms with van der Waals surface area (Å²) >= 11 is 0. The Bertz CT molecular complexity index is 556. The van der Waals surface area contributed by atoms with Gasteiger partial charge >= 0.3 is 12.0 Å². The Morgan fingerprint density at radius 3 is 2.76 bits per heavy atom. The molecule has 114 valence electrons. The molecule has 2 unspecified atom stereocenters. The van der Waals surface area contributed by atoms with Crippen LogP contribution in [0.3, 0.4) is 0 Å². The van der Waals surface area contributed by atoms with Crippen molar-refractivity contribution >= 4 is 17.7 Å². The zero-order valence-corrected chi connectivity index (χ0v) is 12.7. The molecule has 1 aliphatic rings. The molecular weight excluding hydrogens is 268 g/mol. The predicted octanol–water partition coefficient (Wildman–Crippen LogP) is 2.88. The van der Waals surface area contributed by atoms with E-state index in [0.29, 0.717) is 6.54 Å². The van der Waals surface area contributed by atoms with E-state index in [9.17, 15) is 14.7 Å². The zero-order valence-electron chi connectivity index (χ0n) is 12.7. The summed E-state index contributed by atoms with van der Waals surface area (Å²) < 4.78 is 0. The fraction of sp³-hybridized carbons (Fsp3) is 0.500. The summed E-state index contributed by atoms with van der Waals surface area (Å²) in [4.78, 5) is 25.2. The van der Waals surface area contributed by atoms with Crippen LogP contribution in [0.4, 0.5) is 10.5 Å². The first-order valence-corrected chi connectivity index (χ1v) is 7.34. The van der Waals surface area contributed by atoms with Crippen molar-refractivity contribution in [2.24, 2.45) is 5.92 Å². The summed E-state index contributed by atoms with van der Waals surface area (Å²) in [5.74, 6) is -0.952. The van der Waals surface area contributed by atoms with Gasteiger partial charge < -0.3 is 15.3 Å². The number of carbonyl (C=O) groups is 2. The van der Waals surface area contributed by atoms with Gasteiger partial charge in [0.1, 0.15) is 6.04 Å². The molecule has 21 heavy (non-hydrogen) atoms. The van der Waals surface area contributed by atoms with Crippen LogP contribution < -0.4 is 5.32 Å². The van der Waals surface area contributed by atoms with Crippen molar-refractivity contribution in [2.75, 3.05) is 11.9 Å². The van der Waals surface area contributed by atoms with Gasteiger partial charge in [-0.1, -0.05) is 32.0 Å². The summed E-state index contributed by atoms with van der Waals surface area (Å²) in [6.07, 6.45) is 1.54. The van der Waals surface area contributed by atoms with Gasteiger partial charge in [0, 0.05) is 12.2 Å². The SMILES string of the molecule is CCc1cccc(C)c1NC(=O)N1CCC(C)C1C(=O)O. The lowest BCUT2D eigenvalue weighted by molar-refractivity contribution is -0.142. The summed E-state index contributed by atoms with van der Waals surface area (Å²) in [6, 6.07) is 4.82. The van der Waals surface area contributed by atoms with Gasteiger partial charge in [-0.3, -0.25) is 0 Å². The number of amides is 2. The highest BCUT2D eigenvalue weighted by molar-refractivity contribution is 5.94. The highest BCUT2D eigenvalue weighted by atomic mass is 16.4. The predicted molar refractivity (Wildman–Crippen MR) is 81.5 cm³/mol. The van der Waals surface area contributed by atoms with Gasteiger partial charge in [-0.05, 0) is 36.8 Å². The maximum atomic E-state index is 12.4. The van der Waals surface area contributed by atoms with Crippen molar-refractivity contribution in [1.82, 2.24) is 4.90 Å². The first kappa shape index (κ1) is 15.4. The van der Waals surface area contributed by atoms with E-state index >= 15 is 0 Å². The van der Waals surface area contributed by atoms with Crippen molar-refractivity contribution in [3.8, 4) is 0 Å². The number of urea groups is 1. The minimum atomic E-state index is -0.935. The van der Waals surface area contributed by atoms with E-state index in [1.807, 2.05) is 39.0 Å². The van der Waals surface area contributed by atoms with Crippen molar-refractivity contribution in [1.29, 1.82) is 0 Å². The number of rotatable bonds is 3. The molecule has 1 aromatic rings. The number of anilines is 1. The van der Waals surface area contributed by atoms with Crippen LogP contribution in [0.15, 0.2) is 18.2 Å². The normalized spacial score (nSPS) is 21.4. The molecule has 2 rings (SSSR count). The highest BCUT2D eigenvalue weighted by Gasteiger charge is 2.39. The molecule has 0 aromatic heterocycles. The zero-order chi connectivity index (χ0) is 15.6. The van der Waals surface area contributed by atoms with E-state index in [1.165, 1.54) is 4.90 Å². The third-order valence-corrected chi connectivity index (χ3v) is 4.19. The smallest absolute Gasteiger partial charge is 0.326 e. The molecule has 0 radical (unpaired) electrons. The highest BCUT2D eigenvalue weighted by Crippen LogP contribution is 2.27. The molecule has 2 atom stereocenters. The fourth-order valence-corrected chi connectivity index (χ4v) is 2.93. The Hall–Kier alpha value is -2.04. The molecule has 0 bridgehead atoms. The number of likely N-dealkylation sites (tertiary alicyclic amines) is 1. The summed E-state index contributed by atoms with van der Waals surface area (Å²) in [7, 11) is 0. The number of para-hydroxylation sites is 1. The fourth-order valence-electron chi connectivity index (χ4n) is 2.93. The molecule has 0 saturated carbocycles. The molecular formula is C16H22N2O3. The van der Waals surface area contributed by atoms with Crippen LogP contribution in [-0.4, -0.2) is 34.6 Å². The molecule has 1 heterocycles. The Labute approximate surface area is 125 Å². The maximum absolute atomic E-state index is 12.4. The van der Waals surface area contributed by atoms with E-state index in [0.717, 1.165) is 29.7 Å². The van der Waals surface area contributed by atoms with Gasteiger partial charge in [0.2, 0.25) is 0 Å². The monoisotopic (exact) mass is 290 g/mol. The van der Waals surface area contributed by atoms with Crippen LogP contribution in [-0.2, 0) is 11.2 Å². The lowest BCUT2D eigenvalue weighted by atomic mass is 10.0. The lowest BCUT2D eigenvalue weighted by Crippen LogP contribution is -2.45. The molecule has 1 aromatic carbocycles. The molecule has 5 nitrogen and oxygen atoms in total. The van der Waals surface area contributed by atoms with Crippen LogP contribution in [0.25, 0.3) is 0 Å². The summed E-state index contributed by atoms with van der Waals surface area (Å²) in [6.45, 7) is 6.33. The first-order valence-electron chi connectivity index (χ1n) is 7.34. The molecule has 2 amide bonds. The standard InChI is InChI=1S/C16H22N2O3/c1-4-12-7-5-6-10(2)13(12)17-16(21)18-9-8-11(3)14(18)15(19)20/h5-7,11,14H,4,8-9H2,1-3H3,(H,17,21)(H,19,20). The first-order chi connectivity index (χ1) is 9.95. The molecule has 0 aliphatic carbocycles. The van der Waals surface area contributed by atoms with Crippen LogP contribution in [0.2, 0.25) is 0 Å². The second-order valence-corrected chi connectivity index (χ2v) is 5.64.